The average molecular weight is 444 g/mol. The van der Waals surface area contributed by atoms with E-state index in [0.717, 1.165) is 28.8 Å². The Bertz CT molecular complexity index is 935. The van der Waals surface area contributed by atoms with Crippen molar-refractivity contribution in [3.63, 3.8) is 0 Å². The molecule has 0 fully saturated rings. The number of benzene rings is 1. The first-order chi connectivity index (χ1) is 14.5. The first-order valence-corrected chi connectivity index (χ1v) is 12.0. The number of aromatic nitrogens is 3. The number of carbonyl (C=O) groups is 1. The van der Waals surface area contributed by atoms with Gasteiger partial charge >= 0.3 is 0 Å². The number of carbonyl (C=O) groups excluding carboxylic acids is 1. The fourth-order valence-electron chi connectivity index (χ4n) is 3.23. The number of thiophene rings is 1. The molecule has 6 nitrogen and oxygen atoms in total. The van der Waals surface area contributed by atoms with Crippen LogP contribution in [-0.2, 0) is 17.8 Å². The standard InChI is InChI=1S/C22H29N5OS2/c1-5-16-9-11-17(12-10-16)18(26(3)4)14-23-20(28)15-30-22-25-24-21(27(22)6-2)19-8-7-13-29-19/h7-13,18H,5-6,14-15H2,1-4H3,(H,23,28). The second-order valence-electron chi connectivity index (χ2n) is 7.20. The SMILES string of the molecule is CCc1ccc(C(CNC(=O)CSc2nnc(-c3cccs3)n2CC)N(C)C)cc1. The molecule has 2 aromatic heterocycles. The average Bonchev–Trinajstić information content (AvgIpc) is 3.41. The van der Waals surface area contributed by atoms with Gasteiger partial charge in [0, 0.05) is 13.1 Å². The summed E-state index contributed by atoms with van der Waals surface area (Å²) >= 11 is 3.07. The Balaban J connectivity index is 1.57. The van der Waals surface area contributed by atoms with Crippen LogP contribution in [0.1, 0.15) is 31.0 Å². The van der Waals surface area contributed by atoms with Crippen LogP contribution in [0.25, 0.3) is 10.7 Å². The number of nitrogens with one attached hydrogen (secondary N) is 1. The third kappa shape index (κ3) is 5.50. The molecule has 0 spiro atoms. The Morgan fingerprint density at radius 2 is 1.97 bits per heavy atom. The van der Waals surface area contributed by atoms with Gasteiger partial charge in [0.15, 0.2) is 11.0 Å². The summed E-state index contributed by atoms with van der Waals surface area (Å²) in [5.74, 6) is 1.18. The molecule has 2 heterocycles. The molecule has 0 saturated carbocycles. The molecule has 0 bridgehead atoms. The number of aryl methyl sites for hydroxylation is 1. The highest BCUT2D eigenvalue weighted by Gasteiger charge is 2.17. The number of thioether (sulfide) groups is 1. The summed E-state index contributed by atoms with van der Waals surface area (Å²) in [5, 5.41) is 14.5. The van der Waals surface area contributed by atoms with E-state index in [9.17, 15) is 4.79 Å². The number of likely N-dealkylation sites (N-methyl/N-ethyl adjacent to an activating group) is 1. The topological polar surface area (TPSA) is 63.1 Å². The van der Waals surface area contributed by atoms with E-state index < -0.39 is 0 Å². The summed E-state index contributed by atoms with van der Waals surface area (Å²) in [4.78, 5) is 15.7. The monoisotopic (exact) mass is 443 g/mol. The normalized spacial score (nSPS) is 12.3. The lowest BCUT2D eigenvalue weighted by Crippen LogP contribution is -2.35. The van der Waals surface area contributed by atoms with Gasteiger partial charge in [-0.1, -0.05) is 49.0 Å². The number of nitrogens with zero attached hydrogens (tertiary/aromatic N) is 4. The molecule has 1 unspecified atom stereocenters. The van der Waals surface area contributed by atoms with E-state index in [2.05, 4.69) is 63.1 Å². The highest BCUT2D eigenvalue weighted by atomic mass is 32.2. The van der Waals surface area contributed by atoms with Gasteiger partial charge < -0.3 is 14.8 Å². The van der Waals surface area contributed by atoms with Crippen molar-refractivity contribution < 1.29 is 4.79 Å². The van der Waals surface area contributed by atoms with Gasteiger partial charge in [-0.05, 0) is 50.0 Å². The summed E-state index contributed by atoms with van der Waals surface area (Å²) in [7, 11) is 4.07. The second kappa shape index (κ2) is 10.7. The maximum Gasteiger partial charge on any atom is 0.230 e. The van der Waals surface area contributed by atoms with E-state index >= 15 is 0 Å². The van der Waals surface area contributed by atoms with Crippen molar-refractivity contribution in [3.8, 4) is 10.7 Å². The first-order valence-electron chi connectivity index (χ1n) is 10.1. The third-order valence-electron chi connectivity index (χ3n) is 5.00. The zero-order valence-electron chi connectivity index (χ0n) is 18.0. The van der Waals surface area contributed by atoms with Crippen LogP contribution >= 0.6 is 23.1 Å². The molecule has 1 aromatic carbocycles. The van der Waals surface area contributed by atoms with Crippen molar-refractivity contribution in [2.24, 2.45) is 0 Å². The largest absolute Gasteiger partial charge is 0.353 e. The van der Waals surface area contributed by atoms with E-state index in [1.165, 1.54) is 22.9 Å². The smallest absolute Gasteiger partial charge is 0.230 e. The minimum absolute atomic E-state index is 0.000329. The molecule has 8 heteroatoms. The van der Waals surface area contributed by atoms with Gasteiger partial charge in [0.25, 0.3) is 0 Å². The van der Waals surface area contributed by atoms with Gasteiger partial charge in [-0.3, -0.25) is 4.79 Å². The van der Waals surface area contributed by atoms with Gasteiger partial charge in [-0.15, -0.1) is 21.5 Å². The molecule has 1 N–H and O–H groups in total. The van der Waals surface area contributed by atoms with Crippen molar-refractivity contribution >= 4 is 29.0 Å². The molecule has 0 aliphatic carbocycles. The zero-order chi connectivity index (χ0) is 21.5. The summed E-state index contributed by atoms with van der Waals surface area (Å²) in [6.45, 7) is 5.55. The summed E-state index contributed by atoms with van der Waals surface area (Å²) in [6, 6.07) is 12.8. The Morgan fingerprint density at radius 1 is 1.20 bits per heavy atom. The van der Waals surface area contributed by atoms with Crippen molar-refractivity contribution in [3.05, 3.63) is 52.9 Å². The molecule has 3 aromatic rings. The molecule has 1 atom stereocenters. The zero-order valence-corrected chi connectivity index (χ0v) is 19.6. The van der Waals surface area contributed by atoms with Gasteiger partial charge in [0.2, 0.25) is 5.91 Å². The maximum absolute atomic E-state index is 12.5. The van der Waals surface area contributed by atoms with Crippen LogP contribution in [0.4, 0.5) is 0 Å². The maximum atomic E-state index is 12.5. The quantitative estimate of drug-likeness (QED) is 0.478. The van der Waals surface area contributed by atoms with Crippen LogP contribution in [0.5, 0.6) is 0 Å². The lowest BCUT2D eigenvalue weighted by atomic mass is 10.0. The van der Waals surface area contributed by atoms with E-state index in [1.807, 2.05) is 31.6 Å². The fraction of sp³-hybridized carbons (Fsp3) is 0.409. The minimum Gasteiger partial charge on any atom is -0.353 e. The van der Waals surface area contributed by atoms with Gasteiger partial charge in [0.1, 0.15) is 0 Å². The van der Waals surface area contributed by atoms with Crippen LogP contribution < -0.4 is 5.32 Å². The molecular weight excluding hydrogens is 414 g/mol. The number of amides is 1. The van der Waals surface area contributed by atoms with Crippen molar-refractivity contribution in [1.82, 2.24) is 25.0 Å². The highest BCUT2D eigenvalue weighted by molar-refractivity contribution is 7.99. The summed E-state index contributed by atoms with van der Waals surface area (Å²) < 4.78 is 2.06. The second-order valence-corrected chi connectivity index (χ2v) is 9.09. The summed E-state index contributed by atoms with van der Waals surface area (Å²) in [5.41, 5.74) is 2.52. The lowest BCUT2D eigenvalue weighted by molar-refractivity contribution is -0.118. The van der Waals surface area contributed by atoms with Gasteiger partial charge in [-0.25, -0.2) is 0 Å². The van der Waals surface area contributed by atoms with Crippen LogP contribution in [-0.4, -0.2) is 52.0 Å². The van der Waals surface area contributed by atoms with E-state index in [4.69, 9.17) is 0 Å². The summed E-state index contributed by atoms with van der Waals surface area (Å²) in [6.07, 6.45) is 1.03. The Kier molecular flexibility index (Phi) is 8.07. The number of rotatable bonds is 10. The van der Waals surface area contributed by atoms with Crippen LogP contribution in [0.2, 0.25) is 0 Å². The predicted molar refractivity (Wildman–Crippen MR) is 125 cm³/mol. The Morgan fingerprint density at radius 3 is 2.57 bits per heavy atom. The molecule has 0 radical (unpaired) electrons. The van der Waals surface area contributed by atoms with E-state index in [-0.39, 0.29) is 11.9 Å². The Labute approximate surface area is 186 Å². The van der Waals surface area contributed by atoms with Crippen LogP contribution in [0.15, 0.2) is 46.9 Å². The van der Waals surface area contributed by atoms with Gasteiger partial charge in [0.05, 0.1) is 16.7 Å². The molecule has 160 valence electrons. The minimum atomic E-state index is 0.000329. The molecule has 0 aliphatic rings. The highest BCUT2D eigenvalue weighted by Crippen LogP contribution is 2.27. The molecule has 0 saturated heterocycles. The Hall–Kier alpha value is -2.16. The van der Waals surface area contributed by atoms with Crippen LogP contribution in [0, 0.1) is 0 Å². The molecular formula is C22H29N5OS2. The van der Waals surface area contributed by atoms with Gasteiger partial charge in [-0.2, -0.15) is 0 Å². The fourth-order valence-corrected chi connectivity index (χ4v) is 4.78. The third-order valence-corrected chi connectivity index (χ3v) is 6.83. The van der Waals surface area contributed by atoms with E-state index in [0.29, 0.717) is 12.3 Å². The number of hydrogen-bond donors (Lipinski definition) is 1. The van der Waals surface area contributed by atoms with Crippen LogP contribution in [0.3, 0.4) is 0 Å². The van der Waals surface area contributed by atoms with Crippen molar-refractivity contribution in [2.75, 3.05) is 26.4 Å². The predicted octanol–water partition coefficient (Wildman–Crippen LogP) is 4.10. The lowest BCUT2D eigenvalue weighted by Gasteiger charge is -2.25. The molecule has 0 aliphatic heterocycles. The molecule has 30 heavy (non-hydrogen) atoms. The number of hydrogen-bond acceptors (Lipinski definition) is 6. The van der Waals surface area contributed by atoms with Crippen molar-refractivity contribution in [1.29, 1.82) is 0 Å². The first kappa shape index (κ1) is 22.5. The van der Waals surface area contributed by atoms with E-state index in [1.54, 1.807) is 11.3 Å². The molecule has 3 rings (SSSR count). The van der Waals surface area contributed by atoms with Crippen molar-refractivity contribution in [2.45, 2.75) is 38.0 Å². The molecule has 1 amide bonds.